The summed E-state index contributed by atoms with van der Waals surface area (Å²) < 4.78 is 0. The fourth-order valence-electron chi connectivity index (χ4n) is 0.841. The number of nitrogen functional groups attached to an aromatic ring is 1. The zero-order chi connectivity index (χ0) is 11.4. The molecule has 0 aliphatic rings. The molecule has 0 radical (unpaired) electrons. The lowest BCUT2D eigenvalue weighted by Gasteiger charge is -2.03. The molecule has 0 saturated carbocycles. The van der Waals surface area contributed by atoms with Crippen molar-refractivity contribution < 1.29 is 10.0 Å². The van der Waals surface area contributed by atoms with Crippen LogP contribution in [-0.4, -0.2) is 33.1 Å². The van der Waals surface area contributed by atoms with Crippen molar-refractivity contribution in [2.45, 2.75) is 0 Å². The number of aliphatic hydroxyl groups excluding tert-OH is 1. The number of nitrogens with two attached hydrogens (primary N) is 1. The first-order valence-corrected chi connectivity index (χ1v) is 4.26. The van der Waals surface area contributed by atoms with E-state index in [1.807, 2.05) is 0 Å². The number of hydrogen-bond acceptors (Lipinski definition) is 7. The summed E-state index contributed by atoms with van der Waals surface area (Å²) in [6.07, 6.45) is 0. The standard InChI is InChI=1S/C6H8ClN5O3/c7-3-5(9-1-2-13)11-4(8)6(10-3)12(14)15/h13H,1-2H2,(H3,8,9,11). The van der Waals surface area contributed by atoms with E-state index in [1.165, 1.54) is 0 Å². The Morgan fingerprint density at radius 1 is 1.60 bits per heavy atom. The highest BCUT2D eigenvalue weighted by atomic mass is 35.5. The van der Waals surface area contributed by atoms with Gasteiger partial charge in [0.05, 0.1) is 6.61 Å². The van der Waals surface area contributed by atoms with Crippen molar-refractivity contribution >= 4 is 29.1 Å². The second kappa shape index (κ2) is 4.71. The van der Waals surface area contributed by atoms with Gasteiger partial charge >= 0.3 is 5.82 Å². The second-order valence-electron chi connectivity index (χ2n) is 2.48. The lowest BCUT2D eigenvalue weighted by molar-refractivity contribution is -0.388. The summed E-state index contributed by atoms with van der Waals surface area (Å²) in [7, 11) is 0. The van der Waals surface area contributed by atoms with Crippen LogP contribution in [0.25, 0.3) is 0 Å². The third-order valence-corrected chi connectivity index (χ3v) is 1.70. The molecule has 15 heavy (non-hydrogen) atoms. The average Bonchev–Trinajstić information content (AvgIpc) is 2.18. The molecule has 1 aromatic rings. The molecule has 0 spiro atoms. The first-order valence-electron chi connectivity index (χ1n) is 3.88. The predicted octanol–water partition coefficient (Wildman–Crippen LogP) is 0.0246. The maximum atomic E-state index is 10.4. The minimum atomic E-state index is -0.774. The maximum absolute atomic E-state index is 10.4. The van der Waals surface area contributed by atoms with Crippen LogP contribution in [0.4, 0.5) is 17.5 Å². The van der Waals surface area contributed by atoms with E-state index >= 15 is 0 Å². The monoisotopic (exact) mass is 233 g/mol. The van der Waals surface area contributed by atoms with Crippen molar-refractivity contribution in [2.24, 2.45) is 0 Å². The van der Waals surface area contributed by atoms with Gasteiger partial charge in [0.15, 0.2) is 5.82 Å². The minimum absolute atomic E-state index is 0.105. The Bertz CT molecular complexity index is 385. The second-order valence-corrected chi connectivity index (χ2v) is 2.84. The van der Waals surface area contributed by atoms with E-state index in [4.69, 9.17) is 22.4 Å². The number of anilines is 2. The summed E-state index contributed by atoms with van der Waals surface area (Å²) in [5, 5.41) is 21.4. The van der Waals surface area contributed by atoms with E-state index in [-0.39, 0.29) is 29.9 Å². The van der Waals surface area contributed by atoms with Crippen LogP contribution >= 0.6 is 11.6 Å². The molecule has 82 valence electrons. The van der Waals surface area contributed by atoms with Gasteiger partial charge in [0.2, 0.25) is 5.82 Å². The molecule has 0 aliphatic carbocycles. The summed E-state index contributed by atoms with van der Waals surface area (Å²) in [4.78, 5) is 16.7. The Morgan fingerprint density at radius 3 is 2.80 bits per heavy atom. The fraction of sp³-hybridized carbons (Fsp3) is 0.333. The van der Waals surface area contributed by atoms with Crippen molar-refractivity contribution in [1.29, 1.82) is 0 Å². The molecule has 9 heteroatoms. The van der Waals surface area contributed by atoms with E-state index in [0.717, 1.165) is 0 Å². The average molecular weight is 234 g/mol. The molecule has 0 atom stereocenters. The van der Waals surface area contributed by atoms with Gasteiger partial charge in [-0.1, -0.05) is 0 Å². The number of nitrogens with one attached hydrogen (secondary N) is 1. The Kier molecular flexibility index (Phi) is 3.58. The highest BCUT2D eigenvalue weighted by Gasteiger charge is 2.20. The lowest BCUT2D eigenvalue weighted by atomic mass is 10.5. The van der Waals surface area contributed by atoms with E-state index in [0.29, 0.717) is 0 Å². The highest BCUT2D eigenvalue weighted by molar-refractivity contribution is 6.31. The van der Waals surface area contributed by atoms with Gasteiger partial charge in [0.25, 0.3) is 5.15 Å². The van der Waals surface area contributed by atoms with Gasteiger partial charge in [0, 0.05) is 6.54 Å². The first kappa shape index (κ1) is 11.4. The summed E-state index contributed by atoms with van der Waals surface area (Å²) in [6.45, 7) is 0.0700. The predicted molar refractivity (Wildman–Crippen MR) is 53.7 cm³/mol. The molecule has 0 amide bonds. The summed E-state index contributed by atoms with van der Waals surface area (Å²) in [5.41, 5.74) is 5.29. The maximum Gasteiger partial charge on any atom is 0.408 e. The zero-order valence-corrected chi connectivity index (χ0v) is 8.23. The topological polar surface area (TPSA) is 127 Å². The van der Waals surface area contributed by atoms with Crippen molar-refractivity contribution in [3.05, 3.63) is 15.3 Å². The first-order chi connectivity index (χ1) is 7.06. The van der Waals surface area contributed by atoms with Crippen LogP contribution in [0.1, 0.15) is 0 Å². The van der Waals surface area contributed by atoms with Crippen LogP contribution < -0.4 is 11.1 Å². The summed E-state index contributed by atoms with van der Waals surface area (Å²) in [6, 6.07) is 0. The highest BCUT2D eigenvalue weighted by Crippen LogP contribution is 2.24. The van der Waals surface area contributed by atoms with Crippen LogP contribution in [0.2, 0.25) is 5.15 Å². The van der Waals surface area contributed by atoms with E-state index in [1.54, 1.807) is 0 Å². The number of halogens is 1. The SMILES string of the molecule is Nc1nc(NCCO)c(Cl)nc1[N+](=O)[O-]. The Balaban J connectivity index is 3.02. The molecule has 0 aromatic carbocycles. The van der Waals surface area contributed by atoms with Gasteiger partial charge < -0.3 is 26.3 Å². The van der Waals surface area contributed by atoms with Crippen molar-refractivity contribution in [1.82, 2.24) is 9.97 Å². The number of hydrogen-bond donors (Lipinski definition) is 3. The van der Waals surface area contributed by atoms with Gasteiger partial charge in [0.1, 0.15) is 0 Å². The van der Waals surface area contributed by atoms with Crippen LogP contribution in [-0.2, 0) is 0 Å². The van der Waals surface area contributed by atoms with Crippen molar-refractivity contribution in [2.75, 3.05) is 24.2 Å². The molecule has 1 aromatic heterocycles. The molecule has 0 saturated heterocycles. The molecule has 0 bridgehead atoms. The van der Waals surface area contributed by atoms with Gasteiger partial charge in [-0.2, -0.15) is 0 Å². The largest absolute Gasteiger partial charge is 0.408 e. The lowest BCUT2D eigenvalue weighted by Crippen LogP contribution is -2.10. The van der Waals surface area contributed by atoms with E-state index in [9.17, 15) is 10.1 Å². The van der Waals surface area contributed by atoms with Crippen LogP contribution in [0, 0.1) is 10.1 Å². The zero-order valence-electron chi connectivity index (χ0n) is 7.47. The molecule has 8 nitrogen and oxygen atoms in total. The number of rotatable bonds is 4. The summed E-state index contributed by atoms with van der Waals surface area (Å²) >= 11 is 5.60. The Labute approximate surface area is 89.2 Å². The molecule has 4 N–H and O–H groups in total. The van der Waals surface area contributed by atoms with Gasteiger partial charge in [-0.25, -0.2) is 4.98 Å². The minimum Gasteiger partial charge on any atom is -0.395 e. The molecule has 1 heterocycles. The molecule has 0 aliphatic heterocycles. The third-order valence-electron chi connectivity index (χ3n) is 1.44. The molecule has 1 rings (SSSR count). The van der Waals surface area contributed by atoms with Crippen LogP contribution in [0.3, 0.4) is 0 Å². The molecule has 0 fully saturated rings. The van der Waals surface area contributed by atoms with Crippen LogP contribution in [0.15, 0.2) is 0 Å². The number of nitrogens with zero attached hydrogens (tertiary/aromatic N) is 3. The van der Waals surface area contributed by atoms with Crippen molar-refractivity contribution in [3.63, 3.8) is 0 Å². The van der Waals surface area contributed by atoms with Crippen molar-refractivity contribution in [3.8, 4) is 0 Å². The smallest absolute Gasteiger partial charge is 0.395 e. The molecular weight excluding hydrogens is 226 g/mol. The van der Waals surface area contributed by atoms with Gasteiger partial charge in [-0.3, -0.25) is 0 Å². The Hall–Kier alpha value is -1.67. The third kappa shape index (κ3) is 2.64. The van der Waals surface area contributed by atoms with Gasteiger partial charge in [-0.15, -0.1) is 0 Å². The van der Waals surface area contributed by atoms with E-state index < -0.39 is 10.7 Å². The van der Waals surface area contributed by atoms with E-state index in [2.05, 4.69) is 15.3 Å². The quantitative estimate of drug-likeness (QED) is 0.494. The number of aromatic nitrogens is 2. The molecular formula is C6H8ClN5O3. The van der Waals surface area contributed by atoms with Crippen LogP contribution in [0.5, 0.6) is 0 Å². The normalized spacial score (nSPS) is 10.0. The molecule has 0 unspecified atom stereocenters. The summed E-state index contributed by atoms with van der Waals surface area (Å²) in [5.74, 6) is -0.812. The van der Waals surface area contributed by atoms with Gasteiger partial charge in [-0.05, 0) is 21.5 Å². The number of aliphatic hydroxyl groups is 1. The Morgan fingerprint density at radius 2 is 2.27 bits per heavy atom. The number of nitro groups is 1. The fourth-order valence-corrected chi connectivity index (χ4v) is 1.03.